The SMILES string of the molecule is C=CC(=O)N1CC[C@@](Nc2ccc3cc(C#N)cnc3c2)(c2c(C)cccc2Cl)C1. The van der Waals surface area contributed by atoms with Crippen LogP contribution in [0.2, 0.25) is 5.02 Å². The van der Waals surface area contributed by atoms with Crippen molar-refractivity contribution >= 4 is 34.1 Å². The van der Waals surface area contributed by atoms with Crippen LogP contribution in [0, 0.1) is 18.3 Å². The molecule has 5 nitrogen and oxygen atoms in total. The molecule has 30 heavy (non-hydrogen) atoms. The Bertz CT molecular complexity index is 1180. The molecule has 1 aliphatic rings. The van der Waals surface area contributed by atoms with Crippen molar-refractivity contribution in [2.45, 2.75) is 18.9 Å². The van der Waals surface area contributed by atoms with Gasteiger partial charge < -0.3 is 10.2 Å². The van der Waals surface area contributed by atoms with Crippen LogP contribution in [-0.2, 0) is 10.3 Å². The number of carbonyl (C=O) groups is 1. The van der Waals surface area contributed by atoms with Crippen LogP contribution in [0.5, 0.6) is 0 Å². The van der Waals surface area contributed by atoms with Crippen molar-refractivity contribution in [1.29, 1.82) is 5.26 Å². The number of nitrogens with zero attached hydrogens (tertiary/aromatic N) is 3. The summed E-state index contributed by atoms with van der Waals surface area (Å²) in [6.07, 6.45) is 3.64. The third-order valence-corrected chi connectivity index (χ3v) is 5.97. The number of halogens is 1. The first-order valence-corrected chi connectivity index (χ1v) is 10.1. The molecule has 0 bridgehead atoms. The van der Waals surface area contributed by atoms with Gasteiger partial charge in [0, 0.05) is 40.9 Å². The molecule has 0 spiro atoms. The average molecular weight is 417 g/mol. The minimum Gasteiger partial charge on any atom is -0.374 e. The molecule has 1 amide bonds. The molecule has 1 atom stereocenters. The number of nitrogens with one attached hydrogen (secondary N) is 1. The van der Waals surface area contributed by atoms with Gasteiger partial charge in [-0.05, 0) is 49.2 Å². The predicted molar refractivity (Wildman–Crippen MR) is 119 cm³/mol. The van der Waals surface area contributed by atoms with Crippen LogP contribution in [0.15, 0.2) is 61.3 Å². The Labute approximate surface area is 180 Å². The molecule has 1 N–H and O–H groups in total. The summed E-state index contributed by atoms with van der Waals surface area (Å²) in [7, 11) is 0. The summed E-state index contributed by atoms with van der Waals surface area (Å²) in [5, 5.41) is 14.3. The summed E-state index contributed by atoms with van der Waals surface area (Å²) in [6.45, 7) is 6.76. The number of anilines is 1. The maximum absolute atomic E-state index is 12.3. The third kappa shape index (κ3) is 3.51. The number of pyridine rings is 1. The lowest BCUT2D eigenvalue weighted by Crippen LogP contribution is -2.40. The number of aryl methyl sites for hydroxylation is 1. The van der Waals surface area contributed by atoms with E-state index in [0.717, 1.165) is 34.1 Å². The fourth-order valence-electron chi connectivity index (χ4n) is 4.27. The Morgan fingerprint density at radius 1 is 1.37 bits per heavy atom. The average Bonchev–Trinajstić information content (AvgIpc) is 3.17. The van der Waals surface area contributed by atoms with E-state index in [-0.39, 0.29) is 5.91 Å². The van der Waals surface area contributed by atoms with Crippen LogP contribution in [0.25, 0.3) is 10.9 Å². The zero-order valence-corrected chi connectivity index (χ0v) is 17.4. The van der Waals surface area contributed by atoms with E-state index in [0.29, 0.717) is 23.7 Å². The van der Waals surface area contributed by atoms with Gasteiger partial charge in [-0.2, -0.15) is 5.26 Å². The molecule has 0 unspecified atom stereocenters. The fourth-order valence-corrected chi connectivity index (χ4v) is 4.67. The first kappa shape index (κ1) is 19.9. The second kappa shape index (κ2) is 7.81. The maximum Gasteiger partial charge on any atom is 0.246 e. The molecular formula is C24H21ClN4O. The van der Waals surface area contributed by atoms with Crippen LogP contribution in [0.3, 0.4) is 0 Å². The van der Waals surface area contributed by atoms with Crippen molar-refractivity contribution in [3.8, 4) is 6.07 Å². The van der Waals surface area contributed by atoms with Gasteiger partial charge in [-0.15, -0.1) is 0 Å². The molecule has 1 aliphatic heterocycles. The van der Waals surface area contributed by atoms with Crippen LogP contribution in [0.4, 0.5) is 5.69 Å². The number of amides is 1. The molecule has 2 aromatic carbocycles. The fraction of sp³-hybridized carbons (Fsp3) is 0.208. The summed E-state index contributed by atoms with van der Waals surface area (Å²) >= 11 is 6.65. The summed E-state index contributed by atoms with van der Waals surface area (Å²) < 4.78 is 0. The van der Waals surface area contributed by atoms with Crippen molar-refractivity contribution in [2.75, 3.05) is 18.4 Å². The standard InChI is InChI=1S/C24H21ClN4O/c1-3-22(30)29-10-9-24(15-29,23-16(2)5-4-6-20(23)25)28-19-8-7-18-11-17(13-26)14-27-21(18)12-19/h3-8,11-12,14,28H,1,9-10,15H2,2H3/t24-/m0/s1. The highest BCUT2D eigenvalue weighted by molar-refractivity contribution is 6.31. The van der Waals surface area contributed by atoms with Gasteiger partial charge in [0.2, 0.25) is 5.91 Å². The van der Waals surface area contributed by atoms with E-state index in [4.69, 9.17) is 16.9 Å². The normalized spacial score (nSPS) is 18.2. The highest BCUT2D eigenvalue weighted by atomic mass is 35.5. The smallest absolute Gasteiger partial charge is 0.246 e. The van der Waals surface area contributed by atoms with E-state index in [1.807, 2.05) is 49.4 Å². The topological polar surface area (TPSA) is 69.0 Å². The highest BCUT2D eigenvalue weighted by Gasteiger charge is 2.43. The quantitative estimate of drug-likeness (QED) is 0.620. The number of likely N-dealkylation sites (tertiary alicyclic amines) is 1. The van der Waals surface area contributed by atoms with Gasteiger partial charge in [0.15, 0.2) is 0 Å². The lowest BCUT2D eigenvalue weighted by molar-refractivity contribution is -0.125. The molecule has 0 radical (unpaired) electrons. The second-order valence-electron chi connectivity index (χ2n) is 7.60. The van der Waals surface area contributed by atoms with Crippen LogP contribution >= 0.6 is 11.6 Å². The minimum absolute atomic E-state index is 0.0902. The van der Waals surface area contributed by atoms with E-state index in [1.165, 1.54) is 6.08 Å². The Kier molecular flexibility index (Phi) is 5.19. The van der Waals surface area contributed by atoms with Gasteiger partial charge in [0.05, 0.1) is 16.6 Å². The Hall–Kier alpha value is -3.36. The van der Waals surface area contributed by atoms with Crippen molar-refractivity contribution in [1.82, 2.24) is 9.88 Å². The molecule has 2 heterocycles. The number of benzene rings is 2. The zero-order valence-electron chi connectivity index (χ0n) is 16.7. The van der Waals surface area contributed by atoms with Crippen molar-refractivity contribution in [3.05, 3.63) is 83.0 Å². The van der Waals surface area contributed by atoms with Crippen molar-refractivity contribution in [2.24, 2.45) is 0 Å². The predicted octanol–water partition coefficient (Wildman–Crippen LogP) is 4.79. The summed E-state index contributed by atoms with van der Waals surface area (Å²) in [4.78, 5) is 18.5. The number of rotatable bonds is 4. The third-order valence-electron chi connectivity index (χ3n) is 5.65. The largest absolute Gasteiger partial charge is 0.374 e. The first-order valence-electron chi connectivity index (χ1n) is 9.71. The molecule has 0 aliphatic carbocycles. The van der Waals surface area contributed by atoms with Gasteiger partial charge in [0.25, 0.3) is 0 Å². The van der Waals surface area contributed by atoms with Crippen molar-refractivity contribution < 1.29 is 4.79 Å². The lowest BCUT2D eigenvalue weighted by atomic mass is 9.85. The van der Waals surface area contributed by atoms with E-state index in [9.17, 15) is 4.79 Å². The number of aromatic nitrogens is 1. The van der Waals surface area contributed by atoms with E-state index >= 15 is 0 Å². The van der Waals surface area contributed by atoms with Gasteiger partial charge in [-0.3, -0.25) is 9.78 Å². The molecule has 3 aromatic rings. The Morgan fingerprint density at radius 2 is 2.20 bits per heavy atom. The number of nitriles is 1. The summed E-state index contributed by atoms with van der Waals surface area (Å²) in [5.41, 5.74) is 3.75. The van der Waals surface area contributed by atoms with Gasteiger partial charge >= 0.3 is 0 Å². The minimum atomic E-state index is -0.526. The molecule has 6 heteroatoms. The highest BCUT2D eigenvalue weighted by Crippen LogP contribution is 2.41. The number of hydrogen-bond donors (Lipinski definition) is 1. The molecule has 4 rings (SSSR count). The molecular weight excluding hydrogens is 396 g/mol. The van der Waals surface area contributed by atoms with Crippen molar-refractivity contribution in [3.63, 3.8) is 0 Å². The van der Waals surface area contributed by atoms with Crippen LogP contribution in [0.1, 0.15) is 23.1 Å². The van der Waals surface area contributed by atoms with Gasteiger partial charge in [0.1, 0.15) is 6.07 Å². The molecule has 1 saturated heterocycles. The summed E-state index contributed by atoms with van der Waals surface area (Å²) in [5.74, 6) is -0.0902. The van der Waals surface area contributed by atoms with E-state index < -0.39 is 5.54 Å². The number of hydrogen-bond acceptors (Lipinski definition) is 4. The number of carbonyl (C=O) groups excluding carboxylic acids is 1. The summed E-state index contributed by atoms with van der Waals surface area (Å²) in [6, 6.07) is 15.7. The van der Waals surface area contributed by atoms with Gasteiger partial charge in [-0.25, -0.2) is 0 Å². The zero-order chi connectivity index (χ0) is 21.3. The molecule has 150 valence electrons. The lowest BCUT2D eigenvalue weighted by Gasteiger charge is -2.34. The van der Waals surface area contributed by atoms with Crippen LogP contribution in [-0.4, -0.2) is 28.9 Å². The second-order valence-corrected chi connectivity index (χ2v) is 8.00. The molecule has 1 aromatic heterocycles. The molecule has 0 saturated carbocycles. The van der Waals surface area contributed by atoms with E-state index in [2.05, 4.69) is 22.9 Å². The van der Waals surface area contributed by atoms with Gasteiger partial charge in [-0.1, -0.05) is 36.4 Å². The Balaban J connectivity index is 1.78. The van der Waals surface area contributed by atoms with Crippen LogP contribution < -0.4 is 5.32 Å². The molecule has 1 fully saturated rings. The van der Waals surface area contributed by atoms with E-state index in [1.54, 1.807) is 11.1 Å². The maximum atomic E-state index is 12.3. The number of fused-ring (bicyclic) bond motifs is 1. The monoisotopic (exact) mass is 416 g/mol. The Morgan fingerprint density at radius 3 is 2.93 bits per heavy atom. The first-order chi connectivity index (χ1) is 14.5.